The highest BCUT2D eigenvalue weighted by atomic mass is 16.3. The number of rotatable bonds is 52. The number of unbranched alkanes of at least 4 members (excludes halogenated alkanes) is 36. The van der Waals surface area contributed by atoms with Crippen molar-refractivity contribution in [1.82, 2.24) is 5.32 Å². The van der Waals surface area contributed by atoms with Crippen molar-refractivity contribution in [1.29, 1.82) is 0 Å². The van der Waals surface area contributed by atoms with Crippen LogP contribution in [0.3, 0.4) is 0 Å². The van der Waals surface area contributed by atoms with Gasteiger partial charge in [-0.1, -0.05) is 274 Å². The van der Waals surface area contributed by atoms with Crippen molar-refractivity contribution in [3.05, 3.63) is 60.8 Å². The maximum atomic E-state index is 12.5. The van der Waals surface area contributed by atoms with Gasteiger partial charge in [0.2, 0.25) is 5.91 Å². The van der Waals surface area contributed by atoms with Gasteiger partial charge in [0.25, 0.3) is 0 Å². The van der Waals surface area contributed by atoms with Crippen molar-refractivity contribution >= 4 is 5.91 Å². The molecule has 0 rings (SSSR count). The molecule has 65 heavy (non-hydrogen) atoms. The fourth-order valence-corrected chi connectivity index (χ4v) is 8.60. The Kier molecular flexibility index (Phi) is 53.0. The predicted molar refractivity (Wildman–Crippen MR) is 287 cm³/mol. The standard InChI is InChI=1S/C60H111NO4/c1-3-5-7-9-11-13-15-17-19-21-23-24-25-26-27-28-29-30-31-32-33-34-35-37-39-41-43-45-47-49-51-53-55-59(64)60(65)61-57(56-62)58(63)54-52-50-48-46-44-42-40-38-36-22-20-18-16-14-12-10-8-6-4-2/h23-24,26-27,36,38,44,46,52,54,57-59,62-64H,3-22,25,28-35,37,39-43,45,47-51,53,55-56H2,1-2H3,(H,61,65)/b24-23-,27-26-,38-36+,46-44+,54-52+. The Labute approximate surface area is 405 Å². The Morgan fingerprint density at radius 3 is 1.03 bits per heavy atom. The van der Waals surface area contributed by atoms with Crippen LogP contribution in [0.1, 0.15) is 290 Å². The van der Waals surface area contributed by atoms with Crippen molar-refractivity contribution in [3.63, 3.8) is 0 Å². The number of aliphatic hydroxyl groups excluding tert-OH is 3. The maximum absolute atomic E-state index is 12.5. The zero-order valence-corrected chi connectivity index (χ0v) is 43.4. The van der Waals surface area contributed by atoms with E-state index in [9.17, 15) is 20.1 Å². The Balaban J connectivity index is 3.60. The Bertz CT molecular complexity index is 1090. The monoisotopic (exact) mass is 910 g/mol. The van der Waals surface area contributed by atoms with E-state index in [2.05, 4.69) is 67.8 Å². The average molecular weight is 911 g/mol. The lowest BCUT2D eigenvalue weighted by Crippen LogP contribution is -2.48. The molecule has 0 radical (unpaired) electrons. The Morgan fingerprint density at radius 2 is 0.677 bits per heavy atom. The first-order valence-electron chi connectivity index (χ1n) is 28.6. The third-order valence-electron chi connectivity index (χ3n) is 13.1. The van der Waals surface area contributed by atoms with Crippen LogP contribution in [0.2, 0.25) is 0 Å². The number of aliphatic hydroxyl groups is 3. The van der Waals surface area contributed by atoms with E-state index in [4.69, 9.17) is 0 Å². The zero-order valence-electron chi connectivity index (χ0n) is 43.4. The van der Waals surface area contributed by atoms with Crippen LogP contribution in [-0.4, -0.2) is 46.1 Å². The number of hydrogen-bond donors (Lipinski definition) is 4. The van der Waals surface area contributed by atoms with E-state index in [1.54, 1.807) is 6.08 Å². The lowest BCUT2D eigenvalue weighted by molar-refractivity contribution is -0.131. The fourth-order valence-electron chi connectivity index (χ4n) is 8.60. The van der Waals surface area contributed by atoms with Crippen LogP contribution in [0.15, 0.2) is 60.8 Å². The predicted octanol–water partition coefficient (Wildman–Crippen LogP) is 17.8. The van der Waals surface area contributed by atoms with Gasteiger partial charge in [0, 0.05) is 0 Å². The van der Waals surface area contributed by atoms with E-state index in [0.29, 0.717) is 6.42 Å². The summed E-state index contributed by atoms with van der Waals surface area (Å²) in [5.74, 6) is -0.516. The maximum Gasteiger partial charge on any atom is 0.249 e. The first-order valence-corrected chi connectivity index (χ1v) is 28.6. The van der Waals surface area contributed by atoms with Crippen molar-refractivity contribution in [2.45, 2.75) is 308 Å². The van der Waals surface area contributed by atoms with Crippen LogP contribution in [0.5, 0.6) is 0 Å². The minimum atomic E-state index is -1.11. The molecule has 0 aromatic carbocycles. The molecule has 0 aliphatic heterocycles. The quantitative estimate of drug-likeness (QED) is 0.0362. The highest BCUT2D eigenvalue weighted by molar-refractivity contribution is 5.80. The first kappa shape index (κ1) is 63.0. The molecule has 0 bridgehead atoms. The van der Waals surface area contributed by atoms with Crippen LogP contribution in [-0.2, 0) is 4.79 Å². The second-order valence-corrected chi connectivity index (χ2v) is 19.5. The van der Waals surface area contributed by atoms with Gasteiger partial charge in [-0.3, -0.25) is 4.79 Å². The summed E-state index contributed by atoms with van der Waals surface area (Å²) in [7, 11) is 0. The molecule has 0 saturated heterocycles. The van der Waals surface area contributed by atoms with Gasteiger partial charge < -0.3 is 20.6 Å². The van der Waals surface area contributed by atoms with E-state index in [0.717, 1.165) is 51.4 Å². The molecule has 0 aliphatic rings. The molecule has 5 nitrogen and oxygen atoms in total. The van der Waals surface area contributed by atoms with E-state index in [1.807, 2.05) is 6.08 Å². The summed E-state index contributed by atoms with van der Waals surface area (Å²) < 4.78 is 0. The number of hydrogen-bond acceptors (Lipinski definition) is 4. The molecule has 0 saturated carbocycles. The summed E-state index contributed by atoms with van der Waals surface area (Å²) in [6, 6.07) is -0.823. The minimum absolute atomic E-state index is 0.382. The molecule has 0 fully saturated rings. The smallest absolute Gasteiger partial charge is 0.249 e. The van der Waals surface area contributed by atoms with Gasteiger partial charge in [-0.2, -0.15) is 0 Å². The lowest BCUT2D eigenvalue weighted by Gasteiger charge is -2.21. The topological polar surface area (TPSA) is 89.8 Å². The van der Waals surface area contributed by atoms with Gasteiger partial charge in [0.05, 0.1) is 18.8 Å². The molecule has 3 unspecified atom stereocenters. The summed E-state index contributed by atoms with van der Waals surface area (Å²) in [6.07, 6.45) is 74.5. The summed E-state index contributed by atoms with van der Waals surface area (Å²) in [6.45, 7) is 4.18. The summed E-state index contributed by atoms with van der Waals surface area (Å²) >= 11 is 0. The third kappa shape index (κ3) is 49.8. The summed E-state index contributed by atoms with van der Waals surface area (Å²) in [5.41, 5.74) is 0. The molecular formula is C60H111NO4. The molecule has 0 heterocycles. The van der Waals surface area contributed by atoms with E-state index in [-0.39, 0.29) is 6.61 Å². The van der Waals surface area contributed by atoms with Crippen molar-refractivity contribution in [2.24, 2.45) is 0 Å². The molecule has 3 atom stereocenters. The zero-order chi connectivity index (χ0) is 47.2. The normalized spacial score (nSPS) is 13.7. The number of carbonyl (C=O) groups excluding carboxylic acids is 1. The second-order valence-electron chi connectivity index (χ2n) is 19.5. The number of allylic oxidation sites excluding steroid dienone is 9. The Morgan fingerprint density at radius 1 is 0.385 bits per heavy atom. The van der Waals surface area contributed by atoms with Gasteiger partial charge in [-0.25, -0.2) is 0 Å². The van der Waals surface area contributed by atoms with Gasteiger partial charge in [-0.15, -0.1) is 0 Å². The number of carbonyl (C=O) groups is 1. The highest BCUT2D eigenvalue weighted by Crippen LogP contribution is 2.16. The second kappa shape index (κ2) is 54.7. The fraction of sp³-hybridized carbons (Fsp3) is 0.817. The van der Waals surface area contributed by atoms with Crippen LogP contribution < -0.4 is 5.32 Å². The van der Waals surface area contributed by atoms with Crippen molar-refractivity contribution in [2.75, 3.05) is 6.61 Å². The minimum Gasteiger partial charge on any atom is -0.394 e. The van der Waals surface area contributed by atoms with Crippen molar-refractivity contribution in [3.8, 4) is 0 Å². The summed E-state index contributed by atoms with van der Waals surface area (Å²) in [4.78, 5) is 12.5. The van der Waals surface area contributed by atoms with Crippen LogP contribution >= 0.6 is 0 Å². The molecular weight excluding hydrogens is 799 g/mol. The van der Waals surface area contributed by atoms with E-state index < -0.39 is 24.2 Å². The van der Waals surface area contributed by atoms with Crippen LogP contribution in [0.4, 0.5) is 0 Å². The molecule has 0 aromatic rings. The molecule has 0 aliphatic carbocycles. The lowest BCUT2D eigenvalue weighted by atomic mass is 10.0. The number of amides is 1. The largest absolute Gasteiger partial charge is 0.394 e. The first-order chi connectivity index (χ1) is 32.1. The van der Waals surface area contributed by atoms with Gasteiger partial charge in [0.1, 0.15) is 6.10 Å². The van der Waals surface area contributed by atoms with Crippen molar-refractivity contribution < 1.29 is 20.1 Å². The van der Waals surface area contributed by atoms with Gasteiger partial charge in [-0.05, 0) is 77.0 Å². The SMILES string of the molecule is CCCCCCCCCCC/C=C\C/C=C\CCCCCCCCCCCCCCCCCCC(O)C(=O)NC(CO)C(O)/C=C/CC/C=C/CC/C=C/CCCCCCCCCCC. The molecule has 0 spiro atoms. The van der Waals surface area contributed by atoms with Gasteiger partial charge >= 0.3 is 0 Å². The van der Waals surface area contributed by atoms with E-state index in [1.165, 1.54) is 218 Å². The molecule has 1 amide bonds. The average Bonchev–Trinajstić information content (AvgIpc) is 3.31. The number of nitrogens with one attached hydrogen (secondary N) is 1. The molecule has 5 heteroatoms. The molecule has 0 aromatic heterocycles. The third-order valence-corrected chi connectivity index (χ3v) is 13.1. The van der Waals surface area contributed by atoms with Crippen LogP contribution in [0.25, 0.3) is 0 Å². The highest BCUT2D eigenvalue weighted by Gasteiger charge is 2.22. The summed E-state index contributed by atoms with van der Waals surface area (Å²) in [5, 5.41) is 33.3. The molecule has 380 valence electrons. The van der Waals surface area contributed by atoms with E-state index >= 15 is 0 Å². The molecule has 4 N–H and O–H groups in total. The Hall–Kier alpha value is -1.95. The van der Waals surface area contributed by atoms with Crippen LogP contribution in [0, 0.1) is 0 Å². The van der Waals surface area contributed by atoms with Gasteiger partial charge in [0.15, 0.2) is 0 Å².